The maximum atomic E-state index is 9.32. The first kappa shape index (κ1) is 10.3. The monoisotopic (exact) mass is 205 g/mol. The summed E-state index contributed by atoms with van der Waals surface area (Å²) in [6, 6.07) is 7.95. The first-order valence-electron chi connectivity index (χ1n) is 5.70. The lowest BCUT2D eigenvalue weighted by Gasteiger charge is -2.39. The van der Waals surface area contributed by atoms with Crippen LogP contribution in [0.1, 0.15) is 26.7 Å². The van der Waals surface area contributed by atoms with E-state index in [1.807, 2.05) is 12.1 Å². The van der Waals surface area contributed by atoms with Crippen molar-refractivity contribution in [3.63, 3.8) is 0 Å². The summed E-state index contributed by atoms with van der Waals surface area (Å²) in [7, 11) is 0. The van der Waals surface area contributed by atoms with E-state index in [2.05, 4.69) is 19.2 Å². The van der Waals surface area contributed by atoms with Gasteiger partial charge in [0.2, 0.25) is 0 Å². The molecule has 2 heteroatoms. The fourth-order valence-electron chi connectivity index (χ4n) is 2.16. The fourth-order valence-corrected chi connectivity index (χ4v) is 2.16. The Morgan fingerprint density at radius 3 is 2.67 bits per heavy atom. The molecule has 1 aromatic carbocycles. The average molecular weight is 205 g/mol. The van der Waals surface area contributed by atoms with Crippen LogP contribution < -0.4 is 5.32 Å². The van der Waals surface area contributed by atoms with Crippen molar-refractivity contribution < 1.29 is 5.11 Å². The molecule has 2 N–H and O–H groups in total. The first-order valence-corrected chi connectivity index (χ1v) is 5.70. The van der Waals surface area contributed by atoms with Gasteiger partial charge in [0, 0.05) is 17.8 Å². The zero-order valence-electron chi connectivity index (χ0n) is 9.40. The van der Waals surface area contributed by atoms with Crippen LogP contribution in [0.3, 0.4) is 0 Å². The standard InChI is InChI=1S/C13H19NO/c1-9(2)10-6-12(7-10)14-11-4-3-5-13(15)8-11/h3-5,8-10,12,14-15H,6-7H2,1-2H3. The second kappa shape index (κ2) is 4.13. The summed E-state index contributed by atoms with van der Waals surface area (Å²) in [6.07, 6.45) is 2.51. The van der Waals surface area contributed by atoms with E-state index in [0.717, 1.165) is 17.5 Å². The molecule has 0 spiro atoms. The van der Waals surface area contributed by atoms with Crippen molar-refractivity contribution in [2.24, 2.45) is 11.8 Å². The third-order valence-electron chi connectivity index (χ3n) is 3.33. The van der Waals surface area contributed by atoms with E-state index >= 15 is 0 Å². The van der Waals surface area contributed by atoms with E-state index in [9.17, 15) is 5.11 Å². The van der Waals surface area contributed by atoms with E-state index in [1.165, 1.54) is 12.8 Å². The van der Waals surface area contributed by atoms with Crippen molar-refractivity contribution in [1.82, 2.24) is 0 Å². The van der Waals surface area contributed by atoms with Crippen molar-refractivity contribution >= 4 is 5.69 Å². The zero-order valence-corrected chi connectivity index (χ0v) is 9.40. The number of phenolic OH excluding ortho intramolecular Hbond substituents is 1. The van der Waals surface area contributed by atoms with Crippen LogP contribution in [0.5, 0.6) is 5.75 Å². The summed E-state index contributed by atoms with van der Waals surface area (Å²) in [4.78, 5) is 0. The molecule has 0 amide bonds. The quantitative estimate of drug-likeness (QED) is 0.794. The largest absolute Gasteiger partial charge is 0.508 e. The summed E-state index contributed by atoms with van der Waals surface area (Å²) in [5.41, 5.74) is 1.03. The number of phenols is 1. The Labute approximate surface area is 91.3 Å². The summed E-state index contributed by atoms with van der Waals surface area (Å²) < 4.78 is 0. The van der Waals surface area contributed by atoms with Crippen molar-refractivity contribution in [3.8, 4) is 5.75 Å². The molecule has 1 aliphatic rings. The lowest BCUT2D eigenvalue weighted by molar-refractivity contribution is 0.212. The lowest BCUT2D eigenvalue weighted by Crippen LogP contribution is -2.37. The minimum Gasteiger partial charge on any atom is -0.508 e. The van der Waals surface area contributed by atoms with E-state index < -0.39 is 0 Å². The maximum absolute atomic E-state index is 9.32. The van der Waals surface area contributed by atoms with Gasteiger partial charge < -0.3 is 10.4 Å². The summed E-state index contributed by atoms with van der Waals surface area (Å²) in [5.74, 6) is 2.01. The molecule has 0 heterocycles. The van der Waals surface area contributed by atoms with Crippen molar-refractivity contribution in [2.75, 3.05) is 5.32 Å². The molecule has 0 radical (unpaired) electrons. The number of hydrogen-bond donors (Lipinski definition) is 2. The molecule has 0 bridgehead atoms. The lowest BCUT2D eigenvalue weighted by atomic mass is 9.73. The molecule has 0 unspecified atom stereocenters. The van der Waals surface area contributed by atoms with E-state index in [-0.39, 0.29) is 0 Å². The van der Waals surface area contributed by atoms with Crippen LogP contribution in [-0.4, -0.2) is 11.1 Å². The average Bonchev–Trinajstić information content (AvgIpc) is 2.10. The van der Waals surface area contributed by atoms with Crippen molar-refractivity contribution in [2.45, 2.75) is 32.7 Å². The van der Waals surface area contributed by atoms with Gasteiger partial charge in [0.1, 0.15) is 5.75 Å². The maximum Gasteiger partial charge on any atom is 0.117 e. The predicted octanol–water partition coefficient (Wildman–Crippen LogP) is 3.24. The Bertz CT molecular complexity index is 329. The topological polar surface area (TPSA) is 32.3 Å². The first-order chi connectivity index (χ1) is 7.15. The molecular formula is C13H19NO. The number of rotatable bonds is 3. The number of aromatic hydroxyl groups is 1. The molecular weight excluding hydrogens is 186 g/mol. The molecule has 0 aliphatic heterocycles. The highest BCUT2D eigenvalue weighted by atomic mass is 16.3. The Balaban J connectivity index is 1.85. The van der Waals surface area contributed by atoms with E-state index in [0.29, 0.717) is 11.8 Å². The van der Waals surface area contributed by atoms with Crippen LogP contribution in [0.25, 0.3) is 0 Å². The van der Waals surface area contributed by atoms with E-state index in [1.54, 1.807) is 12.1 Å². The summed E-state index contributed by atoms with van der Waals surface area (Å²) >= 11 is 0. The van der Waals surface area contributed by atoms with Gasteiger partial charge in [-0.2, -0.15) is 0 Å². The van der Waals surface area contributed by atoms with Gasteiger partial charge in [-0.05, 0) is 36.8 Å². The molecule has 2 rings (SSSR count). The Kier molecular flexibility index (Phi) is 2.85. The van der Waals surface area contributed by atoms with Crippen LogP contribution in [0.15, 0.2) is 24.3 Å². The van der Waals surface area contributed by atoms with Gasteiger partial charge in [0.25, 0.3) is 0 Å². The van der Waals surface area contributed by atoms with Crippen LogP contribution in [0.2, 0.25) is 0 Å². The Morgan fingerprint density at radius 2 is 2.07 bits per heavy atom. The second-order valence-electron chi connectivity index (χ2n) is 4.87. The van der Waals surface area contributed by atoms with Crippen molar-refractivity contribution in [1.29, 1.82) is 0 Å². The zero-order chi connectivity index (χ0) is 10.8. The highest BCUT2D eigenvalue weighted by molar-refractivity contribution is 5.48. The molecule has 0 atom stereocenters. The fraction of sp³-hybridized carbons (Fsp3) is 0.538. The van der Waals surface area contributed by atoms with Crippen LogP contribution >= 0.6 is 0 Å². The third-order valence-corrected chi connectivity index (χ3v) is 3.33. The summed E-state index contributed by atoms with van der Waals surface area (Å²) in [6.45, 7) is 4.57. The van der Waals surface area contributed by atoms with Crippen LogP contribution in [0.4, 0.5) is 5.69 Å². The van der Waals surface area contributed by atoms with Gasteiger partial charge in [-0.15, -0.1) is 0 Å². The van der Waals surface area contributed by atoms with Gasteiger partial charge in [-0.1, -0.05) is 19.9 Å². The van der Waals surface area contributed by atoms with Gasteiger partial charge in [-0.3, -0.25) is 0 Å². The van der Waals surface area contributed by atoms with Gasteiger partial charge in [0.15, 0.2) is 0 Å². The predicted molar refractivity (Wildman–Crippen MR) is 63.1 cm³/mol. The number of anilines is 1. The van der Waals surface area contributed by atoms with E-state index in [4.69, 9.17) is 0 Å². The van der Waals surface area contributed by atoms with Gasteiger partial charge in [-0.25, -0.2) is 0 Å². The Morgan fingerprint density at radius 1 is 1.33 bits per heavy atom. The molecule has 1 fully saturated rings. The molecule has 15 heavy (non-hydrogen) atoms. The minimum absolute atomic E-state index is 0.333. The second-order valence-corrected chi connectivity index (χ2v) is 4.87. The van der Waals surface area contributed by atoms with Gasteiger partial charge >= 0.3 is 0 Å². The molecule has 82 valence electrons. The van der Waals surface area contributed by atoms with Crippen LogP contribution in [0, 0.1) is 11.8 Å². The minimum atomic E-state index is 0.333. The van der Waals surface area contributed by atoms with Crippen molar-refractivity contribution in [3.05, 3.63) is 24.3 Å². The number of nitrogens with one attached hydrogen (secondary N) is 1. The molecule has 1 aromatic rings. The smallest absolute Gasteiger partial charge is 0.117 e. The highest BCUT2D eigenvalue weighted by Crippen LogP contribution is 2.35. The number of hydrogen-bond acceptors (Lipinski definition) is 2. The SMILES string of the molecule is CC(C)C1CC(Nc2cccc(O)c2)C1. The molecule has 2 nitrogen and oxygen atoms in total. The number of benzene rings is 1. The molecule has 0 saturated heterocycles. The van der Waals surface area contributed by atoms with Crippen LogP contribution in [-0.2, 0) is 0 Å². The molecule has 1 saturated carbocycles. The normalized spacial score (nSPS) is 25.0. The summed E-state index contributed by atoms with van der Waals surface area (Å²) in [5, 5.41) is 12.8. The highest BCUT2D eigenvalue weighted by Gasteiger charge is 2.30. The molecule has 0 aromatic heterocycles. The molecule has 1 aliphatic carbocycles. The van der Waals surface area contributed by atoms with Gasteiger partial charge in [0.05, 0.1) is 0 Å². The third kappa shape index (κ3) is 2.44. The Hall–Kier alpha value is -1.18.